The average molecular weight is 290 g/mol. The minimum atomic E-state index is -0.309. The van der Waals surface area contributed by atoms with E-state index in [0.717, 1.165) is 25.1 Å². The number of hydrogen-bond acceptors (Lipinski definition) is 4. The molecule has 1 aromatic carbocycles. The number of carbonyl (C=O) groups excluding carboxylic acids is 1. The number of benzene rings is 1. The van der Waals surface area contributed by atoms with E-state index < -0.39 is 0 Å². The summed E-state index contributed by atoms with van der Waals surface area (Å²) in [5.41, 5.74) is 7.68. The molecule has 0 aromatic heterocycles. The lowest BCUT2D eigenvalue weighted by atomic mass is 9.90. The molecule has 1 atom stereocenters. The Bertz CT molecular complexity index is 543. The van der Waals surface area contributed by atoms with Gasteiger partial charge in [-0.15, -0.1) is 6.58 Å². The number of rotatable bonds is 6. The highest BCUT2D eigenvalue weighted by Gasteiger charge is 2.29. The molecule has 1 aromatic rings. The van der Waals surface area contributed by atoms with E-state index in [2.05, 4.69) is 11.5 Å². The Labute approximate surface area is 125 Å². The summed E-state index contributed by atoms with van der Waals surface area (Å²) in [6, 6.07) is 3.91. The molecule has 114 valence electrons. The van der Waals surface area contributed by atoms with E-state index in [1.54, 1.807) is 14.2 Å². The van der Waals surface area contributed by atoms with Gasteiger partial charge < -0.3 is 15.2 Å². The molecule has 0 saturated carbocycles. The molecular formula is C16H22N2O3. The molecule has 0 unspecified atom stereocenters. The topological polar surface area (TPSA) is 64.8 Å². The summed E-state index contributed by atoms with van der Waals surface area (Å²) in [4.78, 5) is 13.6. The van der Waals surface area contributed by atoms with E-state index in [-0.39, 0.29) is 18.4 Å². The summed E-state index contributed by atoms with van der Waals surface area (Å²) in [5.74, 6) is 1.08. The Kier molecular flexibility index (Phi) is 4.85. The van der Waals surface area contributed by atoms with Crippen LogP contribution in [0.25, 0.3) is 0 Å². The molecule has 0 aliphatic carbocycles. The van der Waals surface area contributed by atoms with Gasteiger partial charge in [0.15, 0.2) is 11.5 Å². The first-order chi connectivity index (χ1) is 10.1. The summed E-state index contributed by atoms with van der Waals surface area (Å²) >= 11 is 0. The standard InChI is InChI=1S/C16H22N2O3/c1-4-6-18-7-5-11-8-14(20-2)15(21-3)9-12(11)13(18)10-16(17)19/h4,8-9,13H,1,5-7,10H2,2-3H3,(H2,17,19)/t13-/m1/s1. The van der Waals surface area contributed by atoms with Crippen molar-refractivity contribution in [3.8, 4) is 11.5 Å². The molecule has 0 spiro atoms. The number of carbonyl (C=O) groups is 1. The smallest absolute Gasteiger partial charge is 0.219 e. The minimum absolute atomic E-state index is 0.0379. The Hall–Kier alpha value is -2.01. The number of nitrogens with two attached hydrogens (primary N) is 1. The molecule has 0 fully saturated rings. The van der Waals surface area contributed by atoms with Gasteiger partial charge in [0.25, 0.3) is 0 Å². The fraction of sp³-hybridized carbons (Fsp3) is 0.438. The van der Waals surface area contributed by atoms with Crippen LogP contribution in [0.3, 0.4) is 0 Å². The number of ether oxygens (including phenoxy) is 2. The van der Waals surface area contributed by atoms with Gasteiger partial charge in [0.05, 0.1) is 14.2 Å². The van der Waals surface area contributed by atoms with E-state index in [9.17, 15) is 4.79 Å². The Morgan fingerprint density at radius 1 is 1.43 bits per heavy atom. The molecule has 1 aliphatic rings. The van der Waals surface area contributed by atoms with Crippen molar-refractivity contribution in [3.63, 3.8) is 0 Å². The summed E-state index contributed by atoms with van der Waals surface area (Å²) < 4.78 is 10.7. The molecule has 0 bridgehead atoms. The van der Waals surface area contributed by atoms with Crippen LogP contribution in [0.4, 0.5) is 0 Å². The minimum Gasteiger partial charge on any atom is -0.493 e. The molecular weight excluding hydrogens is 268 g/mol. The van der Waals surface area contributed by atoms with Gasteiger partial charge in [-0.3, -0.25) is 9.69 Å². The molecule has 2 N–H and O–H groups in total. The van der Waals surface area contributed by atoms with Crippen molar-refractivity contribution in [1.82, 2.24) is 4.90 Å². The van der Waals surface area contributed by atoms with Crippen molar-refractivity contribution in [2.45, 2.75) is 18.9 Å². The van der Waals surface area contributed by atoms with Crippen LogP contribution >= 0.6 is 0 Å². The van der Waals surface area contributed by atoms with Crippen molar-refractivity contribution in [3.05, 3.63) is 35.9 Å². The second-order valence-electron chi connectivity index (χ2n) is 5.13. The van der Waals surface area contributed by atoms with Crippen molar-refractivity contribution < 1.29 is 14.3 Å². The largest absolute Gasteiger partial charge is 0.493 e. The number of fused-ring (bicyclic) bond motifs is 1. The third-order valence-corrected chi connectivity index (χ3v) is 3.87. The predicted octanol–water partition coefficient (Wildman–Crippen LogP) is 1.66. The van der Waals surface area contributed by atoms with E-state index in [1.165, 1.54) is 5.56 Å². The third-order valence-electron chi connectivity index (χ3n) is 3.87. The maximum atomic E-state index is 11.4. The van der Waals surface area contributed by atoms with E-state index in [4.69, 9.17) is 15.2 Å². The van der Waals surface area contributed by atoms with Gasteiger partial charge in [-0.2, -0.15) is 0 Å². The van der Waals surface area contributed by atoms with Crippen LogP contribution in [0, 0.1) is 0 Å². The highest BCUT2D eigenvalue weighted by atomic mass is 16.5. The Balaban J connectivity index is 2.45. The van der Waals surface area contributed by atoms with Gasteiger partial charge in [0.2, 0.25) is 5.91 Å². The number of methoxy groups -OCH3 is 2. The first kappa shape index (κ1) is 15.4. The first-order valence-electron chi connectivity index (χ1n) is 6.98. The van der Waals surface area contributed by atoms with Gasteiger partial charge >= 0.3 is 0 Å². The molecule has 2 rings (SSSR count). The quantitative estimate of drug-likeness (QED) is 0.809. The zero-order chi connectivity index (χ0) is 15.4. The van der Waals surface area contributed by atoms with Gasteiger partial charge in [-0.05, 0) is 29.7 Å². The molecule has 1 aliphatic heterocycles. The highest BCUT2D eigenvalue weighted by Crippen LogP contribution is 2.39. The molecule has 5 nitrogen and oxygen atoms in total. The zero-order valence-corrected chi connectivity index (χ0v) is 12.6. The summed E-state index contributed by atoms with van der Waals surface area (Å²) in [7, 11) is 3.23. The lowest BCUT2D eigenvalue weighted by Crippen LogP contribution is -2.37. The fourth-order valence-corrected chi connectivity index (χ4v) is 2.89. The van der Waals surface area contributed by atoms with Crippen molar-refractivity contribution in [2.75, 3.05) is 27.3 Å². The van der Waals surface area contributed by atoms with E-state index in [1.807, 2.05) is 18.2 Å². The van der Waals surface area contributed by atoms with Crippen LogP contribution in [-0.4, -0.2) is 38.1 Å². The molecule has 0 saturated heterocycles. The second kappa shape index (κ2) is 6.63. The van der Waals surface area contributed by atoms with Gasteiger partial charge in [-0.25, -0.2) is 0 Å². The van der Waals surface area contributed by atoms with Crippen LogP contribution in [0.2, 0.25) is 0 Å². The monoisotopic (exact) mass is 290 g/mol. The van der Waals surface area contributed by atoms with Crippen LogP contribution < -0.4 is 15.2 Å². The van der Waals surface area contributed by atoms with Crippen molar-refractivity contribution in [1.29, 1.82) is 0 Å². The predicted molar refractivity (Wildman–Crippen MR) is 81.6 cm³/mol. The maximum absolute atomic E-state index is 11.4. The van der Waals surface area contributed by atoms with Crippen LogP contribution in [0.5, 0.6) is 11.5 Å². The molecule has 1 amide bonds. The average Bonchev–Trinajstić information content (AvgIpc) is 2.48. The lowest BCUT2D eigenvalue weighted by Gasteiger charge is -2.36. The molecule has 1 heterocycles. The van der Waals surface area contributed by atoms with Crippen LogP contribution in [0.15, 0.2) is 24.8 Å². The molecule has 0 radical (unpaired) electrons. The van der Waals surface area contributed by atoms with Gasteiger partial charge in [0.1, 0.15) is 0 Å². The number of primary amides is 1. The summed E-state index contributed by atoms with van der Waals surface area (Å²) in [6.07, 6.45) is 3.04. The highest BCUT2D eigenvalue weighted by molar-refractivity contribution is 5.75. The van der Waals surface area contributed by atoms with Crippen molar-refractivity contribution in [2.24, 2.45) is 5.73 Å². The first-order valence-corrected chi connectivity index (χ1v) is 6.98. The number of hydrogen-bond donors (Lipinski definition) is 1. The van der Waals surface area contributed by atoms with Gasteiger partial charge in [0, 0.05) is 25.6 Å². The SMILES string of the molecule is C=CCN1CCc2cc(OC)c(OC)cc2[C@H]1CC(N)=O. The fourth-order valence-electron chi connectivity index (χ4n) is 2.89. The number of amides is 1. The number of nitrogens with zero attached hydrogens (tertiary/aromatic N) is 1. The summed E-state index contributed by atoms with van der Waals surface area (Å²) in [6.45, 7) is 5.38. The maximum Gasteiger partial charge on any atom is 0.219 e. The van der Waals surface area contributed by atoms with Gasteiger partial charge in [-0.1, -0.05) is 6.08 Å². The lowest BCUT2D eigenvalue weighted by molar-refractivity contribution is -0.119. The van der Waals surface area contributed by atoms with Crippen LogP contribution in [-0.2, 0) is 11.2 Å². The third kappa shape index (κ3) is 3.19. The summed E-state index contributed by atoms with van der Waals surface area (Å²) in [5, 5.41) is 0. The zero-order valence-electron chi connectivity index (χ0n) is 12.6. The van der Waals surface area contributed by atoms with Crippen molar-refractivity contribution >= 4 is 5.91 Å². The Morgan fingerprint density at radius 3 is 2.67 bits per heavy atom. The van der Waals surface area contributed by atoms with E-state index >= 15 is 0 Å². The molecule has 5 heteroatoms. The normalized spacial score (nSPS) is 17.9. The second-order valence-corrected chi connectivity index (χ2v) is 5.13. The van der Waals surface area contributed by atoms with Crippen LogP contribution in [0.1, 0.15) is 23.6 Å². The Morgan fingerprint density at radius 2 is 2.10 bits per heavy atom. The van der Waals surface area contributed by atoms with E-state index in [0.29, 0.717) is 11.5 Å². The molecule has 21 heavy (non-hydrogen) atoms.